The van der Waals surface area contributed by atoms with Gasteiger partial charge in [0.15, 0.2) is 0 Å². The van der Waals surface area contributed by atoms with Crippen molar-refractivity contribution in [2.45, 2.75) is 44.9 Å². The fourth-order valence-electron chi connectivity index (χ4n) is 1.98. The Morgan fingerprint density at radius 3 is 2.37 bits per heavy atom. The third-order valence-electron chi connectivity index (χ3n) is 3.41. The molecule has 3 heteroatoms. The molecule has 1 rings (SSSR count). The van der Waals surface area contributed by atoms with Crippen molar-refractivity contribution >= 4 is 28.5 Å². The fourth-order valence-corrected chi connectivity index (χ4v) is 2.52. The first-order valence-electron chi connectivity index (χ1n) is 6.99. The van der Waals surface area contributed by atoms with E-state index in [9.17, 15) is 4.79 Å². The van der Waals surface area contributed by atoms with Gasteiger partial charge in [-0.3, -0.25) is 4.79 Å². The number of unbranched alkanes of at least 4 members (excludes halogenated alkanes) is 3. The first-order chi connectivity index (χ1) is 9.09. The summed E-state index contributed by atoms with van der Waals surface area (Å²) in [6, 6.07) is 9.97. The van der Waals surface area contributed by atoms with Crippen LogP contribution < -0.4 is 5.32 Å². The van der Waals surface area contributed by atoms with Crippen LogP contribution in [0.5, 0.6) is 0 Å². The van der Waals surface area contributed by atoms with Crippen LogP contribution in [0.15, 0.2) is 30.3 Å². The quantitative estimate of drug-likeness (QED) is 0.415. The lowest BCUT2D eigenvalue weighted by Crippen LogP contribution is -2.40. The Kier molecular flexibility index (Phi) is 7.42. The zero-order valence-corrected chi connectivity index (χ0v) is 14.1. The number of amides is 1. The van der Waals surface area contributed by atoms with E-state index < -0.39 is 5.41 Å². The molecule has 0 saturated carbocycles. The Morgan fingerprint density at radius 2 is 1.74 bits per heavy atom. The molecule has 0 heterocycles. The van der Waals surface area contributed by atoms with Crippen molar-refractivity contribution in [3.8, 4) is 0 Å². The highest BCUT2D eigenvalue weighted by Gasteiger charge is 2.28. The van der Waals surface area contributed by atoms with Gasteiger partial charge in [-0.2, -0.15) is 0 Å². The molecule has 0 aliphatic heterocycles. The van der Waals surface area contributed by atoms with E-state index in [2.05, 4.69) is 27.9 Å². The minimum Gasteiger partial charge on any atom is -0.355 e. The Morgan fingerprint density at radius 1 is 1.11 bits per heavy atom. The van der Waals surface area contributed by atoms with Crippen LogP contribution in [0.1, 0.15) is 45.1 Å². The monoisotopic (exact) mass is 373 g/mol. The summed E-state index contributed by atoms with van der Waals surface area (Å²) in [6.07, 6.45) is 4.83. The number of halogens is 1. The lowest BCUT2D eigenvalue weighted by molar-refractivity contribution is -0.125. The summed E-state index contributed by atoms with van der Waals surface area (Å²) in [6.45, 7) is 4.75. The average molecular weight is 373 g/mol. The molecule has 0 aliphatic rings. The van der Waals surface area contributed by atoms with E-state index >= 15 is 0 Å². The molecule has 0 radical (unpaired) electrons. The number of carbonyl (C=O) groups excluding carboxylic acids is 1. The zero-order chi connectivity index (χ0) is 14.1. The molecule has 1 aromatic rings. The number of benzene rings is 1. The van der Waals surface area contributed by atoms with Crippen LogP contribution in [0.3, 0.4) is 0 Å². The van der Waals surface area contributed by atoms with E-state index in [4.69, 9.17) is 0 Å². The molecular formula is C16H24INO. The number of hydrogen-bond donors (Lipinski definition) is 1. The highest BCUT2D eigenvalue weighted by atomic mass is 127. The Balaban J connectivity index is 2.36. The summed E-state index contributed by atoms with van der Waals surface area (Å²) in [5.74, 6) is 0.118. The maximum atomic E-state index is 12.2. The molecule has 0 fully saturated rings. The molecule has 0 aromatic heterocycles. The summed E-state index contributed by atoms with van der Waals surface area (Å²) in [4.78, 5) is 12.2. The number of rotatable bonds is 8. The van der Waals surface area contributed by atoms with Crippen molar-refractivity contribution in [1.29, 1.82) is 0 Å². The number of hydrogen-bond acceptors (Lipinski definition) is 1. The lowest BCUT2D eigenvalue weighted by atomic mass is 9.84. The van der Waals surface area contributed by atoms with Crippen LogP contribution >= 0.6 is 22.6 Å². The van der Waals surface area contributed by atoms with Gasteiger partial charge < -0.3 is 5.32 Å². The van der Waals surface area contributed by atoms with Gasteiger partial charge in [0.05, 0.1) is 5.41 Å². The third kappa shape index (κ3) is 5.51. The molecule has 1 N–H and O–H groups in total. The highest BCUT2D eigenvalue weighted by Crippen LogP contribution is 2.22. The summed E-state index contributed by atoms with van der Waals surface area (Å²) in [7, 11) is 0. The second-order valence-corrected chi connectivity index (χ2v) is 6.43. The van der Waals surface area contributed by atoms with Gasteiger partial charge >= 0.3 is 0 Å². The first-order valence-corrected chi connectivity index (χ1v) is 8.51. The molecule has 0 bridgehead atoms. The molecule has 0 aliphatic carbocycles. The van der Waals surface area contributed by atoms with E-state index in [0.717, 1.165) is 18.5 Å². The van der Waals surface area contributed by atoms with Crippen LogP contribution in [0, 0.1) is 0 Å². The molecule has 0 saturated heterocycles. The van der Waals surface area contributed by atoms with Crippen molar-refractivity contribution in [2.24, 2.45) is 0 Å². The van der Waals surface area contributed by atoms with Gasteiger partial charge in [0.25, 0.3) is 0 Å². The van der Waals surface area contributed by atoms with Crippen molar-refractivity contribution in [2.75, 3.05) is 11.0 Å². The summed E-state index contributed by atoms with van der Waals surface area (Å²) < 4.78 is 1.23. The molecule has 0 atom stereocenters. The Bertz CT molecular complexity index is 376. The summed E-state index contributed by atoms with van der Waals surface area (Å²) in [5, 5.41) is 3.06. The fraction of sp³-hybridized carbons (Fsp3) is 0.562. The normalized spacial score (nSPS) is 11.3. The number of nitrogens with one attached hydrogen (secondary N) is 1. The van der Waals surface area contributed by atoms with E-state index in [1.807, 2.05) is 44.2 Å². The predicted octanol–water partition coefficient (Wildman–Crippen LogP) is 4.08. The van der Waals surface area contributed by atoms with E-state index in [0.29, 0.717) is 0 Å². The van der Waals surface area contributed by atoms with Crippen molar-refractivity contribution in [1.82, 2.24) is 5.32 Å². The van der Waals surface area contributed by atoms with E-state index in [1.54, 1.807) is 0 Å². The number of alkyl halides is 1. The molecule has 106 valence electrons. The minimum atomic E-state index is -0.455. The second-order valence-electron chi connectivity index (χ2n) is 5.35. The van der Waals surface area contributed by atoms with Gasteiger partial charge in [-0.25, -0.2) is 0 Å². The van der Waals surface area contributed by atoms with Crippen LogP contribution in [0.4, 0.5) is 0 Å². The van der Waals surface area contributed by atoms with E-state index in [-0.39, 0.29) is 5.91 Å². The topological polar surface area (TPSA) is 29.1 Å². The minimum absolute atomic E-state index is 0.118. The van der Waals surface area contributed by atoms with Gasteiger partial charge in [-0.1, -0.05) is 65.8 Å². The standard InChI is InChI=1S/C16H24INO/c1-16(2,14-10-6-5-7-11-14)15(19)18-13-9-4-3-8-12-17/h5-7,10-11H,3-4,8-9,12-13H2,1-2H3,(H,18,19). The van der Waals surface area contributed by atoms with Crippen LogP contribution in [0.2, 0.25) is 0 Å². The van der Waals surface area contributed by atoms with Gasteiger partial charge in [-0.05, 0) is 36.7 Å². The molecule has 0 spiro atoms. The van der Waals surface area contributed by atoms with Gasteiger partial charge in [-0.15, -0.1) is 0 Å². The number of carbonyl (C=O) groups is 1. The molecule has 2 nitrogen and oxygen atoms in total. The molecule has 19 heavy (non-hydrogen) atoms. The molecule has 1 aromatic carbocycles. The SMILES string of the molecule is CC(C)(C(=O)NCCCCCCI)c1ccccc1. The maximum Gasteiger partial charge on any atom is 0.230 e. The van der Waals surface area contributed by atoms with Crippen molar-refractivity contribution in [3.05, 3.63) is 35.9 Å². The van der Waals surface area contributed by atoms with Gasteiger partial charge in [0, 0.05) is 6.54 Å². The smallest absolute Gasteiger partial charge is 0.230 e. The summed E-state index contributed by atoms with van der Waals surface area (Å²) in [5.41, 5.74) is 0.612. The zero-order valence-electron chi connectivity index (χ0n) is 11.9. The predicted molar refractivity (Wildman–Crippen MR) is 89.8 cm³/mol. The lowest BCUT2D eigenvalue weighted by Gasteiger charge is -2.24. The second kappa shape index (κ2) is 8.56. The molecule has 1 amide bonds. The van der Waals surface area contributed by atoms with Crippen LogP contribution in [0.25, 0.3) is 0 Å². The van der Waals surface area contributed by atoms with E-state index in [1.165, 1.54) is 23.7 Å². The molecule has 0 unspecified atom stereocenters. The average Bonchev–Trinajstić information content (AvgIpc) is 2.43. The first kappa shape index (κ1) is 16.5. The maximum absolute atomic E-state index is 12.2. The van der Waals surface area contributed by atoms with Crippen molar-refractivity contribution in [3.63, 3.8) is 0 Å². The van der Waals surface area contributed by atoms with Crippen LogP contribution in [-0.2, 0) is 10.2 Å². The van der Waals surface area contributed by atoms with Gasteiger partial charge in [0.2, 0.25) is 5.91 Å². The Hall–Kier alpha value is -0.580. The Labute approximate surface area is 130 Å². The van der Waals surface area contributed by atoms with Gasteiger partial charge in [0.1, 0.15) is 0 Å². The van der Waals surface area contributed by atoms with Crippen LogP contribution in [-0.4, -0.2) is 16.9 Å². The largest absolute Gasteiger partial charge is 0.355 e. The highest BCUT2D eigenvalue weighted by molar-refractivity contribution is 14.1. The summed E-state index contributed by atoms with van der Waals surface area (Å²) >= 11 is 2.41. The molecular weight excluding hydrogens is 349 g/mol. The van der Waals surface area contributed by atoms with Crippen molar-refractivity contribution < 1.29 is 4.79 Å². The third-order valence-corrected chi connectivity index (χ3v) is 4.17.